The molecule has 2 unspecified atom stereocenters. The van der Waals surface area contributed by atoms with Gasteiger partial charge in [-0.3, -0.25) is 4.79 Å². The van der Waals surface area contributed by atoms with Crippen LogP contribution in [-0.4, -0.2) is 52.3 Å². The van der Waals surface area contributed by atoms with Crippen molar-refractivity contribution in [3.63, 3.8) is 0 Å². The fourth-order valence-electron chi connectivity index (χ4n) is 2.59. The smallest absolute Gasteiger partial charge is 0.328 e. The number of ether oxygens (including phenoxy) is 1. The molecular formula is C14H19BrN2O4. The molecule has 1 aromatic heterocycles. The lowest BCUT2D eigenvalue weighted by Crippen LogP contribution is -2.42. The summed E-state index contributed by atoms with van der Waals surface area (Å²) >= 11 is 3.37. The summed E-state index contributed by atoms with van der Waals surface area (Å²) in [5.74, 6) is -0.775. The molecule has 0 radical (unpaired) electrons. The van der Waals surface area contributed by atoms with Gasteiger partial charge in [-0.1, -0.05) is 0 Å². The Hall–Kier alpha value is -1.34. The first-order chi connectivity index (χ1) is 9.85. The van der Waals surface area contributed by atoms with Gasteiger partial charge >= 0.3 is 5.97 Å². The Bertz CT molecular complexity index is 555. The highest BCUT2D eigenvalue weighted by Crippen LogP contribution is 2.25. The zero-order chi connectivity index (χ0) is 15.7. The minimum atomic E-state index is -0.730. The van der Waals surface area contributed by atoms with E-state index < -0.39 is 18.1 Å². The van der Waals surface area contributed by atoms with Crippen molar-refractivity contribution < 1.29 is 19.4 Å². The molecule has 7 heteroatoms. The van der Waals surface area contributed by atoms with Crippen molar-refractivity contribution in [2.75, 3.05) is 13.7 Å². The van der Waals surface area contributed by atoms with E-state index in [0.717, 1.165) is 4.47 Å². The molecule has 1 aliphatic heterocycles. The lowest BCUT2D eigenvalue weighted by molar-refractivity contribution is -0.145. The van der Waals surface area contributed by atoms with E-state index in [2.05, 4.69) is 15.9 Å². The molecule has 1 amide bonds. The van der Waals surface area contributed by atoms with E-state index in [1.165, 1.54) is 12.0 Å². The first-order valence-electron chi connectivity index (χ1n) is 6.79. The van der Waals surface area contributed by atoms with Crippen LogP contribution >= 0.6 is 15.9 Å². The predicted molar refractivity (Wildman–Crippen MR) is 80.0 cm³/mol. The Morgan fingerprint density at radius 3 is 2.71 bits per heavy atom. The monoisotopic (exact) mass is 358 g/mol. The van der Waals surface area contributed by atoms with Crippen LogP contribution in [0.2, 0.25) is 0 Å². The molecule has 1 aromatic rings. The second-order valence-corrected chi connectivity index (χ2v) is 6.35. The van der Waals surface area contributed by atoms with Crippen LogP contribution in [0, 0.1) is 0 Å². The number of β-amino-alcohol motifs (C(OH)–C–C–N with tert-alkyl or cyclic N) is 1. The number of carbonyl (C=O) groups excluding carboxylic acids is 2. The molecule has 1 aliphatic rings. The highest BCUT2D eigenvalue weighted by Gasteiger charge is 2.40. The summed E-state index contributed by atoms with van der Waals surface area (Å²) in [7, 11) is 1.28. The van der Waals surface area contributed by atoms with E-state index in [-0.39, 0.29) is 24.9 Å². The van der Waals surface area contributed by atoms with Crippen LogP contribution in [0.25, 0.3) is 0 Å². The van der Waals surface area contributed by atoms with Crippen LogP contribution in [0.1, 0.15) is 36.8 Å². The molecule has 1 fully saturated rings. The number of carbonyl (C=O) groups is 2. The number of hydrogen-bond acceptors (Lipinski definition) is 4. The van der Waals surface area contributed by atoms with Crippen molar-refractivity contribution >= 4 is 27.8 Å². The Morgan fingerprint density at radius 2 is 2.14 bits per heavy atom. The second kappa shape index (κ2) is 6.19. The molecule has 0 saturated carbocycles. The number of aliphatic hydroxyl groups excluding tert-OH is 1. The number of halogens is 1. The third kappa shape index (κ3) is 3.13. The number of aliphatic hydroxyl groups is 1. The fraction of sp³-hybridized carbons (Fsp3) is 0.571. The van der Waals surface area contributed by atoms with Crippen molar-refractivity contribution in [2.24, 2.45) is 0 Å². The van der Waals surface area contributed by atoms with Crippen LogP contribution in [0.15, 0.2) is 16.7 Å². The van der Waals surface area contributed by atoms with E-state index in [1.807, 2.05) is 24.6 Å². The minimum Gasteiger partial charge on any atom is -0.467 e. The van der Waals surface area contributed by atoms with Gasteiger partial charge in [0.25, 0.3) is 5.91 Å². The summed E-state index contributed by atoms with van der Waals surface area (Å²) in [6, 6.07) is 1.10. The number of rotatable bonds is 3. The van der Waals surface area contributed by atoms with Crippen molar-refractivity contribution in [1.29, 1.82) is 0 Å². The zero-order valence-corrected chi connectivity index (χ0v) is 13.8. The van der Waals surface area contributed by atoms with Gasteiger partial charge in [0, 0.05) is 29.7 Å². The van der Waals surface area contributed by atoms with Gasteiger partial charge < -0.3 is 19.3 Å². The van der Waals surface area contributed by atoms with E-state index >= 15 is 0 Å². The fourth-order valence-corrected chi connectivity index (χ4v) is 3.03. The van der Waals surface area contributed by atoms with E-state index in [4.69, 9.17) is 4.74 Å². The normalized spacial score (nSPS) is 21.9. The Kier molecular flexibility index (Phi) is 4.73. The average molecular weight is 359 g/mol. The third-order valence-electron chi connectivity index (χ3n) is 3.60. The predicted octanol–water partition coefficient (Wildman–Crippen LogP) is 1.58. The standard InChI is InChI=1S/C14H19BrN2O4/c1-8(2)16-6-9(15)4-11(16)13(19)17-7-10(18)5-12(17)14(20)21-3/h4,6,8,10,12,18H,5,7H2,1-3H3. The number of aromatic nitrogens is 1. The number of likely N-dealkylation sites (tertiary alicyclic amines) is 1. The lowest BCUT2D eigenvalue weighted by Gasteiger charge is -2.23. The molecule has 2 atom stereocenters. The second-order valence-electron chi connectivity index (χ2n) is 5.43. The lowest BCUT2D eigenvalue weighted by atomic mass is 10.2. The quantitative estimate of drug-likeness (QED) is 0.832. The number of methoxy groups -OCH3 is 1. The molecule has 6 nitrogen and oxygen atoms in total. The summed E-state index contributed by atoms with van der Waals surface area (Å²) in [6.45, 7) is 4.08. The first kappa shape index (κ1) is 16.0. The van der Waals surface area contributed by atoms with Crippen molar-refractivity contribution in [3.8, 4) is 0 Å². The van der Waals surface area contributed by atoms with Crippen molar-refractivity contribution in [3.05, 3.63) is 22.4 Å². The topological polar surface area (TPSA) is 71.8 Å². The maximum Gasteiger partial charge on any atom is 0.328 e. The summed E-state index contributed by atoms with van der Waals surface area (Å²) in [6.07, 6.45) is 1.34. The van der Waals surface area contributed by atoms with E-state index in [1.54, 1.807) is 6.07 Å². The maximum absolute atomic E-state index is 12.7. The van der Waals surface area contributed by atoms with Gasteiger partial charge in [0.15, 0.2) is 0 Å². The van der Waals surface area contributed by atoms with Gasteiger partial charge in [-0.15, -0.1) is 0 Å². The largest absolute Gasteiger partial charge is 0.467 e. The molecule has 2 heterocycles. The van der Waals surface area contributed by atoms with Crippen LogP contribution < -0.4 is 0 Å². The third-order valence-corrected chi connectivity index (χ3v) is 4.04. The molecule has 0 aromatic carbocycles. The number of nitrogens with zero attached hydrogens (tertiary/aromatic N) is 2. The van der Waals surface area contributed by atoms with Gasteiger partial charge in [0.1, 0.15) is 11.7 Å². The van der Waals surface area contributed by atoms with Crippen LogP contribution in [-0.2, 0) is 9.53 Å². The van der Waals surface area contributed by atoms with Gasteiger partial charge in [-0.05, 0) is 35.8 Å². The van der Waals surface area contributed by atoms with Gasteiger partial charge in [0.05, 0.1) is 13.2 Å². The highest BCUT2D eigenvalue weighted by atomic mass is 79.9. The van der Waals surface area contributed by atoms with Crippen LogP contribution in [0.5, 0.6) is 0 Å². The summed E-state index contributed by atoms with van der Waals surface area (Å²) in [4.78, 5) is 25.9. The summed E-state index contributed by atoms with van der Waals surface area (Å²) in [5.41, 5.74) is 0.486. The minimum absolute atomic E-state index is 0.111. The molecule has 1 N–H and O–H groups in total. The van der Waals surface area contributed by atoms with Crippen molar-refractivity contribution in [1.82, 2.24) is 9.47 Å². The molecule has 0 spiro atoms. The van der Waals surface area contributed by atoms with Crippen LogP contribution in [0.3, 0.4) is 0 Å². The number of hydrogen-bond donors (Lipinski definition) is 1. The molecule has 116 valence electrons. The molecular weight excluding hydrogens is 340 g/mol. The maximum atomic E-state index is 12.7. The molecule has 0 bridgehead atoms. The molecule has 0 aliphatic carbocycles. The Labute approximate surface area is 131 Å². The molecule has 1 saturated heterocycles. The summed E-state index contributed by atoms with van der Waals surface area (Å²) in [5, 5.41) is 9.78. The van der Waals surface area contributed by atoms with Crippen LogP contribution in [0.4, 0.5) is 0 Å². The average Bonchev–Trinajstić information content (AvgIpc) is 3.00. The number of esters is 1. The van der Waals surface area contributed by atoms with E-state index in [0.29, 0.717) is 5.69 Å². The Morgan fingerprint density at radius 1 is 1.48 bits per heavy atom. The highest BCUT2D eigenvalue weighted by molar-refractivity contribution is 9.10. The van der Waals surface area contributed by atoms with Gasteiger partial charge in [0.2, 0.25) is 0 Å². The molecule has 2 rings (SSSR count). The summed E-state index contributed by atoms with van der Waals surface area (Å²) < 4.78 is 7.36. The zero-order valence-electron chi connectivity index (χ0n) is 12.2. The van der Waals surface area contributed by atoms with Gasteiger partial charge in [-0.25, -0.2) is 4.79 Å². The number of amides is 1. The SMILES string of the molecule is COC(=O)C1CC(O)CN1C(=O)c1cc(Br)cn1C(C)C. The van der Waals surface area contributed by atoms with Gasteiger partial charge in [-0.2, -0.15) is 0 Å². The van der Waals surface area contributed by atoms with E-state index in [9.17, 15) is 14.7 Å². The Balaban J connectivity index is 2.32. The first-order valence-corrected chi connectivity index (χ1v) is 7.58. The molecule has 21 heavy (non-hydrogen) atoms. The van der Waals surface area contributed by atoms with Crippen molar-refractivity contribution in [2.45, 2.75) is 38.5 Å².